The lowest BCUT2D eigenvalue weighted by Crippen LogP contribution is -2.31. The molecule has 0 aliphatic carbocycles. The van der Waals surface area contributed by atoms with Crippen molar-refractivity contribution < 1.29 is 14.3 Å². The smallest absolute Gasteiger partial charge is 0.257 e. The van der Waals surface area contributed by atoms with Gasteiger partial charge in [0, 0.05) is 18.1 Å². The molecule has 2 aromatic carbocycles. The second kappa shape index (κ2) is 8.62. The third kappa shape index (κ3) is 4.04. The van der Waals surface area contributed by atoms with Crippen LogP contribution in [0.25, 0.3) is 0 Å². The molecule has 3 aromatic rings. The van der Waals surface area contributed by atoms with Gasteiger partial charge in [-0.1, -0.05) is 48.2 Å². The number of anilines is 1. The maximum absolute atomic E-state index is 12.9. The molecule has 30 heavy (non-hydrogen) atoms. The van der Waals surface area contributed by atoms with Gasteiger partial charge in [0.05, 0.1) is 19.8 Å². The van der Waals surface area contributed by atoms with Crippen LogP contribution >= 0.6 is 11.8 Å². The third-order valence-corrected chi connectivity index (χ3v) is 5.90. The maximum atomic E-state index is 12.9. The van der Waals surface area contributed by atoms with Crippen molar-refractivity contribution in [1.29, 1.82) is 0 Å². The van der Waals surface area contributed by atoms with E-state index in [1.54, 1.807) is 26.4 Å². The van der Waals surface area contributed by atoms with E-state index in [4.69, 9.17) is 9.47 Å². The highest BCUT2D eigenvalue weighted by Gasteiger charge is 2.31. The number of fused-ring (bicyclic) bond motifs is 1. The fourth-order valence-corrected chi connectivity index (χ4v) is 4.32. The van der Waals surface area contributed by atoms with Crippen molar-refractivity contribution in [2.45, 2.75) is 23.2 Å². The summed E-state index contributed by atoms with van der Waals surface area (Å²) in [6, 6.07) is 15.3. The number of benzene rings is 2. The number of carbonyl (C=O) groups is 1. The minimum absolute atomic E-state index is 0.156. The van der Waals surface area contributed by atoms with E-state index >= 15 is 0 Å². The predicted octanol–water partition coefficient (Wildman–Crippen LogP) is 3.55. The molecule has 0 spiro atoms. The Morgan fingerprint density at radius 1 is 1.07 bits per heavy atom. The van der Waals surface area contributed by atoms with Gasteiger partial charge in [0.25, 0.3) is 5.56 Å². The van der Waals surface area contributed by atoms with Gasteiger partial charge in [0.15, 0.2) is 16.7 Å². The first-order valence-corrected chi connectivity index (χ1v) is 10.4. The summed E-state index contributed by atoms with van der Waals surface area (Å²) in [5.41, 5.74) is 2.11. The standard InChI is InChI=1S/C22H21N3O4S/c1-28-16-9-8-14(10-17(16)29-2)15-11-18(26)23-20-19(15)21(27)25-22(24-20)30-12-13-6-4-3-5-7-13/h3-10,15H,11-12H2,1-2H3,(H2,23,24,25,26,27). The Balaban J connectivity index is 1.68. The molecule has 4 rings (SSSR count). The third-order valence-electron chi connectivity index (χ3n) is 4.96. The van der Waals surface area contributed by atoms with Crippen LogP contribution in [0.3, 0.4) is 0 Å². The van der Waals surface area contributed by atoms with Crippen molar-refractivity contribution >= 4 is 23.5 Å². The molecule has 1 aliphatic rings. The fraction of sp³-hybridized carbons (Fsp3) is 0.227. The monoisotopic (exact) mass is 423 g/mol. The molecule has 1 aliphatic heterocycles. The Morgan fingerprint density at radius 2 is 1.83 bits per heavy atom. The number of aromatic nitrogens is 2. The number of aromatic amines is 1. The molecule has 8 heteroatoms. The first-order valence-electron chi connectivity index (χ1n) is 9.41. The number of thioether (sulfide) groups is 1. The Kier molecular flexibility index (Phi) is 5.76. The average Bonchev–Trinajstić information content (AvgIpc) is 2.77. The molecule has 0 bridgehead atoms. The zero-order valence-corrected chi connectivity index (χ0v) is 17.4. The second-order valence-corrected chi connectivity index (χ2v) is 7.79. The van der Waals surface area contributed by atoms with E-state index in [9.17, 15) is 9.59 Å². The molecule has 2 N–H and O–H groups in total. The predicted molar refractivity (Wildman–Crippen MR) is 115 cm³/mol. The van der Waals surface area contributed by atoms with Crippen LogP contribution in [0, 0.1) is 0 Å². The largest absolute Gasteiger partial charge is 0.493 e. The van der Waals surface area contributed by atoms with Crippen molar-refractivity contribution in [3.63, 3.8) is 0 Å². The van der Waals surface area contributed by atoms with Crippen molar-refractivity contribution in [2.24, 2.45) is 0 Å². The molecule has 1 aromatic heterocycles. The average molecular weight is 423 g/mol. The summed E-state index contributed by atoms with van der Waals surface area (Å²) in [6.45, 7) is 0. The Bertz CT molecular complexity index is 1130. The summed E-state index contributed by atoms with van der Waals surface area (Å²) in [6.07, 6.45) is 0.156. The topological polar surface area (TPSA) is 93.3 Å². The maximum Gasteiger partial charge on any atom is 0.257 e. The molecule has 1 unspecified atom stereocenters. The molecule has 0 radical (unpaired) electrons. The summed E-state index contributed by atoms with van der Waals surface area (Å²) in [5, 5.41) is 3.22. The van der Waals surface area contributed by atoms with Crippen LogP contribution < -0.4 is 20.3 Å². The van der Waals surface area contributed by atoms with Gasteiger partial charge in [-0.3, -0.25) is 9.59 Å². The highest BCUT2D eigenvalue weighted by Crippen LogP contribution is 2.38. The van der Waals surface area contributed by atoms with Gasteiger partial charge >= 0.3 is 0 Å². The first kappa shape index (κ1) is 20.0. The molecule has 0 saturated heterocycles. The van der Waals surface area contributed by atoms with Gasteiger partial charge in [0.2, 0.25) is 5.91 Å². The molecule has 2 heterocycles. The number of nitrogens with zero attached hydrogens (tertiary/aromatic N) is 1. The molecule has 154 valence electrons. The number of nitrogens with one attached hydrogen (secondary N) is 2. The van der Waals surface area contributed by atoms with Crippen molar-refractivity contribution in [2.75, 3.05) is 19.5 Å². The van der Waals surface area contributed by atoms with Gasteiger partial charge in [0.1, 0.15) is 5.82 Å². The summed E-state index contributed by atoms with van der Waals surface area (Å²) < 4.78 is 10.7. The number of rotatable bonds is 6. The van der Waals surface area contributed by atoms with Gasteiger partial charge in [-0.25, -0.2) is 4.98 Å². The highest BCUT2D eigenvalue weighted by molar-refractivity contribution is 7.98. The van der Waals surface area contributed by atoms with E-state index in [1.165, 1.54) is 11.8 Å². The summed E-state index contributed by atoms with van der Waals surface area (Å²) in [7, 11) is 3.11. The molecular weight excluding hydrogens is 402 g/mol. The quantitative estimate of drug-likeness (QED) is 0.465. The van der Waals surface area contributed by atoms with Crippen LogP contribution in [0.4, 0.5) is 5.82 Å². The van der Waals surface area contributed by atoms with Crippen LogP contribution in [0.15, 0.2) is 58.5 Å². The van der Waals surface area contributed by atoms with Crippen LogP contribution in [0.1, 0.15) is 29.0 Å². The summed E-state index contributed by atoms with van der Waals surface area (Å²) in [4.78, 5) is 32.7. The van der Waals surface area contributed by atoms with Crippen LogP contribution in [0.2, 0.25) is 0 Å². The lowest BCUT2D eigenvalue weighted by molar-refractivity contribution is -0.116. The normalized spacial score (nSPS) is 15.3. The van der Waals surface area contributed by atoms with E-state index in [2.05, 4.69) is 15.3 Å². The molecule has 1 amide bonds. The van der Waals surface area contributed by atoms with Gasteiger partial charge in [-0.15, -0.1) is 0 Å². The lowest BCUT2D eigenvalue weighted by Gasteiger charge is -2.25. The molecule has 0 fully saturated rings. The molecule has 0 saturated carbocycles. The minimum atomic E-state index is -0.419. The second-order valence-electron chi connectivity index (χ2n) is 6.83. The van der Waals surface area contributed by atoms with Gasteiger partial charge in [-0.05, 0) is 23.3 Å². The van der Waals surface area contributed by atoms with Crippen LogP contribution in [-0.2, 0) is 10.5 Å². The summed E-state index contributed by atoms with van der Waals surface area (Å²) >= 11 is 1.42. The fourth-order valence-electron chi connectivity index (χ4n) is 3.50. The molecular formula is C22H21N3O4S. The number of hydrogen-bond donors (Lipinski definition) is 2. The van der Waals surface area contributed by atoms with Crippen LogP contribution in [0.5, 0.6) is 11.5 Å². The van der Waals surface area contributed by atoms with Crippen LogP contribution in [-0.4, -0.2) is 30.1 Å². The minimum Gasteiger partial charge on any atom is -0.493 e. The Hall–Kier alpha value is -3.26. The lowest BCUT2D eigenvalue weighted by atomic mass is 9.86. The number of ether oxygens (including phenoxy) is 2. The Morgan fingerprint density at radius 3 is 2.57 bits per heavy atom. The summed E-state index contributed by atoms with van der Waals surface area (Å²) in [5.74, 6) is 1.50. The van der Waals surface area contributed by atoms with Gasteiger partial charge < -0.3 is 19.8 Å². The Labute approximate surface area is 177 Å². The van der Waals surface area contributed by atoms with E-state index in [0.29, 0.717) is 33.8 Å². The number of carbonyl (C=O) groups excluding carboxylic acids is 1. The van der Waals surface area contributed by atoms with E-state index in [0.717, 1.165) is 11.1 Å². The van der Waals surface area contributed by atoms with E-state index in [-0.39, 0.29) is 17.9 Å². The number of hydrogen-bond acceptors (Lipinski definition) is 6. The number of amides is 1. The SMILES string of the molecule is COc1ccc(C2CC(=O)Nc3nc(SCc4ccccc4)[nH]c(=O)c32)cc1OC. The van der Waals surface area contributed by atoms with E-state index < -0.39 is 5.92 Å². The van der Waals surface area contributed by atoms with Crippen molar-refractivity contribution in [1.82, 2.24) is 9.97 Å². The number of methoxy groups -OCH3 is 2. The van der Waals surface area contributed by atoms with E-state index in [1.807, 2.05) is 36.4 Å². The number of H-pyrrole nitrogens is 1. The molecule has 1 atom stereocenters. The zero-order chi connectivity index (χ0) is 21.1. The van der Waals surface area contributed by atoms with Gasteiger partial charge in [-0.2, -0.15) is 0 Å². The molecule has 7 nitrogen and oxygen atoms in total. The highest BCUT2D eigenvalue weighted by atomic mass is 32.2. The van der Waals surface area contributed by atoms with Crippen molar-refractivity contribution in [3.8, 4) is 11.5 Å². The van der Waals surface area contributed by atoms with Crippen molar-refractivity contribution in [3.05, 3.63) is 75.6 Å². The zero-order valence-electron chi connectivity index (χ0n) is 16.6. The first-order chi connectivity index (χ1) is 14.6.